The van der Waals surface area contributed by atoms with E-state index in [-0.39, 0.29) is 30.2 Å². The first-order valence-electron chi connectivity index (χ1n) is 9.92. The zero-order valence-corrected chi connectivity index (χ0v) is 17.2. The van der Waals surface area contributed by atoms with E-state index in [0.29, 0.717) is 37.5 Å². The van der Waals surface area contributed by atoms with E-state index in [9.17, 15) is 24.5 Å². The Balaban J connectivity index is 1.46. The van der Waals surface area contributed by atoms with Crippen molar-refractivity contribution in [1.29, 1.82) is 0 Å². The van der Waals surface area contributed by atoms with Crippen LogP contribution in [-0.4, -0.2) is 53.7 Å². The monoisotopic (exact) mass is 425 g/mol. The lowest BCUT2D eigenvalue weighted by atomic mass is 10.1. The number of benzene rings is 2. The lowest BCUT2D eigenvalue weighted by Crippen LogP contribution is -2.48. The number of amides is 1. The zero-order valence-electron chi connectivity index (χ0n) is 17.2. The Bertz CT molecular complexity index is 964. The number of rotatable bonds is 7. The molecule has 0 N–H and O–H groups in total. The highest BCUT2D eigenvalue weighted by Gasteiger charge is 2.22. The van der Waals surface area contributed by atoms with Crippen LogP contribution in [0.25, 0.3) is 0 Å². The van der Waals surface area contributed by atoms with Crippen molar-refractivity contribution in [2.75, 3.05) is 31.1 Å². The number of hydrogen-bond donors (Lipinski definition) is 0. The summed E-state index contributed by atoms with van der Waals surface area (Å²) in [5.74, 6) is -0.287. The molecule has 9 nitrogen and oxygen atoms in total. The second-order valence-corrected chi connectivity index (χ2v) is 7.18. The number of ketones is 1. The van der Waals surface area contributed by atoms with Gasteiger partial charge in [-0.3, -0.25) is 24.5 Å². The Kier molecular flexibility index (Phi) is 6.96. The summed E-state index contributed by atoms with van der Waals surface area (Å²) in [5.41, 5.74) is 1.39. The molecule has 0 aliphatic carbocycles. The molecule has 31 heavy (non-hydrogen) atoms. The second kappa shape index (κ2) is 9.84. The molecule has 0 atom stereocenters. The number of piperazine rings is 1. The van der Waals surface area contributed by atoms with Gasteiger partial charge in [0, 0.05) is 69.3 Å². The highest BCUT2D eigenvalue weighted by atomic mass is 16.6. The molecule has 9 heteroatoms. The van der Waals surface area contributed by atoms with Crippen molar-refractivity contribution in [2.45, 2.75) is 19.8 Å². The van der Waals surface area contributed by atoms with E-state index in [1.165, 1.54) is 19.1 Å². The highest BCUT2D eigenvalue weighted by molar-refractivity contribution is 5.98. The summed E-state index contributed by atoms with van der Waals surface area (Å²) < 4.78 is 4.94. The van der Waals surface area contributed by atoms with Crippen LogP contribution in [0.1, 0.15) is 30.1 Å². The van der Waals surface area contributed by atoms with Crippen LogP contribution in [0.5, 0.6) is 5.75 Å². The minimum atomic E-state index is -0.435. The number of carbonyl (C=O) groups excluding carboxylic acids is 3. The lowest BCUT2D eigenvalue weighted by molar-refractivity contribution is -0.384. The smallest absolute Gasteiger partial charge is 0.308 e. The van der Waals surface area contributed by atoms with Gasteiger partial charge < -0.3 is 14.5 Å². The Morgan fingerprint density at radius 1 is 0.935 bits per heavy atom. The van der Waals surface area contributed by atoms with Gasteiger partial charge in [-0.05, 0) is 36.4 Å². The molecule has 0 unspecified atom stereocenters. The van der Waals surface area contributed by atoms with Crippen LogP contribution >= 0.6 is 0 Å². The topological polar surface area (TPSA) is 110 Å². The molecule has 0 bridgehead atoms. The minimum absolute atomic E-state index is 0.0447. The molecular weight excluding hydrogens is 402 g/mol. The quantitative estimate of drug-likeness (QED) is 0.221. The lowest BCUT2D eigenvalue weighted by Gasteiger charge is -2.36. The number of nitrogens with zero attached hydrogens (tertiary/aromatic N) is 3. The number of carbonyl (C=O) groups is 3. The summed E-state index contributed by atoms with van der Waals surface area (Å²) in [6.07, 6.45) is 0.233. The van der Waals surface area contributed by atoms with E-state index in [1.807, 2.05) is 0 Å². The standard InChI is InChI=1S/C22H23N3O6/c1-16(26)31-20-8-2-17(3-9-20)21(27)10-11-22(28)24-14-12-23(13-15-24)18-4-6-19(7-5-18)25(29)30/h2-9H,10-15H2,1H3. The summed E-state index contributed by atoms with van der Waals surface area (Å²) in [4.78, 5) is 49.9. The summed E-state index contributed by atoms with van der Waals surface area (Å²) in [7, 11) is 0. The van der Waals surface area contributed by atoms with Crippen LogP contribution in [-0.2, 0) is 9.59 Å². The fourth-order valence-electron chi connectivity index (χ4n) is 3.40. The summed E-state index contributed by atoms with van der Waals surface area (Å²) >= 11 is 0. The molecule has 162 valence electrons. The molecule has 0 radical (unpaired) electrons. The number of ether oxygens (including phenoxy) is 1. The molecule has 1 aliphatic heterocycles. The fourth-order valence-corrected chi connectivity index (χ4v) is 3.40. The number of Topliss-reactive ketones (excluding diaryl/α,β-unsaturated/α-hetero) is 1. The molecule has 0 saturated carbocycles. The predicted octanol–water partition coefficient (Wildman–Crippen LogP) is 2.83. The summed E-state index contributed by atoms with van der Waals surface area (Å²) in [6.45, 7) is 3.60. The molecule has 1 saturated heterocycles. The minimum Gasteiger partial charge on any atom is -0.427 e. The third-order valence-electron chi connectivity index (χ3n) is 5.06. The van der Waals surface area contributed by atoms with Crippen LogP contribution in [0.15, 0.2) is 48.5 Å². The van der Waals surface area contributed by atoms with Crippen LogP contribution in [0.2, 0.25) is 0 Å². The van der Waals surface area contributed by atoms with Gasteiger partial charge in [0.05, 0.1) is 4.92 Å². The van der Waals surface area contributed by atoms with Crippen molar-refractivity contribution in [1.82, 2.24) is 4.90 Å². The maximum absolute atomic E-state index is 12.5. The third kappa shape index (κ3) is 5.88. The van der Waals surface area contributed by atoms with E-state index in [1.54, 1.807) is 41.3 Å². The Morgan fingerprint density at radius 3 is 2.10 bits per heavy atom. The molecule has 0 aromatic heterocycles. The van der Waals surface area contributed by atoms with E-state index in [2.05, 4.69) is 4.90 Å². The van der Waals surface area contributed by atoms with Crippen LogP contribution in [0.3, 0.4) is 0 Å². The van der Waals surface area contributed by atoms with Crippen molar-refractivity contribution < 1.29 is 24.0 Å². The predicted molar refractivity (Wildman–Crippen MR) is 113 cm³/mol. The third-order valence-corrected chi connectivity index (χ3v) is 5.06. The van der Waals surface area contributed by atoms with Crippen molar-refractivity contribution in [2.24, 2.45) is 0 Å². The number of nitro groups is 1. The number of non-ortho nitro benzene ring substituents is 1. The molecular formula is C22H23N3O6. The molecule has 0 spiro atoms. The fraction of sp³-hybridized carbons (Fsp3) is 0.318. The first-order valence-corrected chi connectivity index (χ1v) is 9.92. The Hall–Kier alpha value is -3.75. The zero-order chi connectivity index (χ0) is 22.4. The van der Waals surface area contributed by atoms with Crippen LogP contribution in [0.4, 0.5) is 11.4 Å². The van der Waals surface area contributed by atoms with Crippen molar-refractivity contribution in [3.8, 4) is 5.75 Å². The average Bonchev–Trinajstić information content (AvgIpc) is 2.77. The van der Waals surface area contributed by atoms with E-state index in [4.69, 9.17) is 4.74 Å². The largest absolute Gasteiger partial charge is 0.427 e. The van der Waals surface area contributed by atoms with Crippen molar-refractivity contribution in [3.05, 3.63) is 64.2 Å². The Morgan fingerprint density at radius 2 is 1.55 bits per heavy atom. The van der Waals surface area contributed by atoms with Gasteiger partial charge in [-0.1, -0.05) is 0 Å². The molecule has 1 fully saturated rings. The average molecular weight is 425 g/mol. The van der Waals surface area contributed by atoms with Gasteiger partial charge in [-0.2, -0.15) is 0 Å². The molecule has 3 rings (SSSR count). The van der Waals surface area contributed by atoms with Crippen LogP contribution < -0.4 is 9.64 Å². The van der Waals surface area contributed by atoms with Gasteiger partial charge >= 0.3 is 5.97 Å². The van der Waals surface area contributed by atoms with Gasteiger partial charge in [0.1, 0.15) is 5.75 Å². The van der Waals surface area contributed by atoms with Crippen LogP contribution in [0, 0.1) is 10.1 Å². The van der Waals surface area contributed by atoms with E-state index in [0.717, 1.165) is 5.69 Å². The van der Waals surface area contributed by atoms with Gasteiger partial charge in [0.2, 0.25) is 5.91 Å². The van der Waals surface area contributed by atoms with Crippen molar-refractivity contribution in [3.63, 3.8) is 0 Å². The van der Waals surface area contributed by atoms with E-state index >= 15 is 0 Å². The van der Waals surface area contributed by atoms with Gasteiger partial charge in [-0.25, -0.2) is 0 Å². The first-order chi connectivity index (χ1) is 14.8. The SMILES string of the molecule is CC(=O)Oc1ccc(C(=O)CCC(=O)N2CCN(c3ccc([N+](=O)[O-])cc3)CC2)cc1. The number of hydrogen-bond acceptors (Lipinski definition) is 7. The van der Waals surface area contributed by atoms with Crippen molar-refractivity contribution >= 4 is 29.0 Å². The number of nitro benzene ring substituents is 1. The maximum Gasteiger partial charge on any atom is 0.308 e. The Labute approximate surface area is 179 Å². The normalized spacial score (nSPS) is 13.6. The number of esters is 1. The maximum atomic E-state index is 12.5. The summed E-state index contributed by atoms with van der Waals surface area (Å²) in [6, 6.07) is 12.6. The molecule has 2 aromatic carbocycles. The highest BCUT2D eigenvalue weighted by Crippen LogP contribution is 2.21. The van der Waals surface area contributed by atoms with Gasteiger partial charge in [-0.15, -0.1) is 0 Å². The molecule has 2 aromatic rings. The first kappa shape index (κ1) is 21.9. The second-order valence-electron chi connectivity index (χ2n) is 7.18. The van der Waals surface area contributed by atoms with Gasteiger partial charge in [0.25, 0.3) is 5.69 Å². The molecule has 1 aliphatic rings. The molecule has 1 amide bonds. The number of anilines is 1. The molecule has 1 heterocycles. The summed E-state index contributed by atoms with van der Waals surface area (Å²) in [5, 5.41) is 10.8. The van der Waals surface area contributed by atoms with Gasteiger partial charge in [0.15, 0.2) is 5.78 Å². The van der Waals surface area contributed by atoms with E-state index < -0.39 is 10.9 Å².